The molecule has 0 aliphatic carbocycles. The first-order chi connectivity index (χ1) is 9.29. The fourth-order valence-electron chi connectivity index (χ4n) is 1.28. The van der Waals surface area contributed by atoms with E-state index in [0.717, 1.165) is 12.1 Å². The summed E-state index contributed by atoms with van der Waals surface area (Å²) in [6, 6.07) is 0. The maximum atomic E-state index is 12.0. The van der Waals surface area contributed by atoms with Gasteiger partial charge in [0.05, 0.1) is 10.7 Å². The first kappa shape index (κ1) is 17.0. The Bertz CT molecular complexity index is 560. The van der Waals surface area contributed by atoms with Gasteiger partial charge in [0, 0.05) is 5.71 Å². The minimum Gasteiger partial charge on any atom is -0.396 e. The quantitative estimate of drug-likeness (QED) is 0.498. The lowest BCUT2D eigenvalue weighted by atomic mass is 10.1. The molecule has 1 amide bonds. The van der Waals surface area contributed by atoms with Crippen molar-refractivity contribution in [2.75, 3.05) is 5.73 Å². The van der Waals surface area contributed by atoms with Crippen molar-refractivity contribution in [2.24, 2.45) is 11.0 Å². The number of nitrogens with zero attached hydrogens (tertiary/aromatic N) is 2. The van der Waals surface area contributed by atoms with Crippen LogP contribution in [-0.4, -0.2) is 16.6 Å². The largest absolute Gasteiger partial charge is 0.396 e. The fourth-order valence-corrected chi connectivity index (χ4v) is 1.87. The maximum Gasteiger partial charge on any atom is 0.291 e. The van der Waals surface area contributed by atoms with E-state index in [1.807, 2.05) is 20.8 Å². The molecule has 0 aliphatic rings. The number of pyridine rings is 1. The molecular weight excluding hydrogens is 323 g/mol. The number of nitrogens with two attached hydrogens (primary N) is 1. The van der Waals surface area contributed by atoms with Crippen molar-refractivity contribution in [3.8, 4) is 0 Å². The van der Waals surface area contributed by atoms with Gasteiger partial charge >= 0.3 is 0 Å². The van der Waals surface area contributed by atoms with Crippen LogP contribution in [0.25, 0.3) is 0 Å². The third-order valence-corrected chi connectivity index (χ3v) is 4.08. The molecule has 1 aromatic heterocycles. The van der Waals surface area contributed by atoms with Crippen molar-refractivity contribution in [1.82, 2.24) is 10.4 Å². The Morgan fingerprint density at radius 3 is 2.55 bits per heavy atom. The van der Waals surface area contributed by atoms with Gasteiger partial charge in [0.25, 0.3) is 5.91 Å². The molecule has 0 aliphatic heterocycles. The highest BCUT2D eigenvalue weighted by Crippen LogP contribution is 2.34. The van der Waals surface area contributed by atoms with E-state index in [0.29, 0.717) is 0 Å². The third kappa shape index (κ3) is 3.75. The SMILES string of the molecule is CC[C@@H](C)/C(C)=N\NC(=O)c1nc(Cl)c(Cl)c(N)c1Cl. The molecule has 1 atom stereocenters. The van der Waals surface area contributed by atoms with Crippen LogP contribution >= 0.6 is 34.8 Å². The van der Waals surface area contributed by atoms with E-state index in [1.165, 1.54) is 0 Å². The first-order valence-electron chi connectivity index (χ1n) is 5.94. The minimum absolute atomic E-state index is 0.0149. The molecule has 1 rings (SSSR count). The van der Waals surface area contributed by atoms with Crippen molar-refractivity contribution in [2.45, 2.75) is 27.2 Å². The number of aromatic nitrogens is 1. The van der Waals surface area contributed by atoms with Crippen molar-refractivity contribution < 1.29 is 4.79 Å². The third-order valence-electron chi connectivity index (χ3n) is 2.95. The van der Waals surface area contributed by atoms with E-state index in [4.69, 9.17) is 40.5 Å². The standard InChI is InChI=1S/C12H15Cl3N4O/c1-4-5(2)6(3)18-19-12(20)10-7(13)9(16)8(14)11(15)17-10/h5H,4H2,1-3H3,(H2,16,17)(H,19,20)/b18-6-/t5-/m1/s1. The number of rotatable bonds is 4. The maximum absolute atomic E-state index is 12.0. The van der Waals surface area contributed by atoms with Gasteiger partial charge in [0.15, 0.2) is 10.8 Å². The Morgan fingerprint density at radius 1 is 1.40 bits per heavy atom. The summed E-state index contributed by atoms with van der Waals surface area (Å²) in [6.07, 6.45) is 0.921. The van der Waals surface area contributed by atoms with Crippen LogP contribution in [0.5, 0.6) is 0 Å². The molecular formula is C12H15Cl3N4O. The highest BCUT2D eigenvalue weighted by atomic mass is 35.5. The van der Waals surface area contributed by atoms with Gasteiger partial charge in [-0.25, -0.2) is 10.4 Å². The summed E-state index contributed by atoms with van der Waals surface area (Å²) >= 11 is 17.5. The zero-order valence-corrected chi connectivity index (χ0v) is 13.6. The Morgan fingerprint density at radius 2 is 2.00 bits per heavy atom. The molecule has 0 spiro atoms. The van der Waals surface area contributed by atoms with Crippen molar-refractivity contribution in [3.05, 3.63) is 20.9 Å². The van der Waals surface area contributed by atoms with Gasteiger partial charge in [-0.2, -0.15) is 5.10 Å². The van der Waals surface area contributed by atoms with Crippen LogP contribution in [0.15, 0.2) is 5.10 Å². The predicted molar refractivity (Wildman–Crippen MR) is 83.7 cm³/mol. The second-order valence-corrected chi connectivity index (χ2v) is 5.41. The molecule has 0 unspecified atom stereocenters. The van der Waals surface area contributed by atoms with E-state index in [2.05, 4.69) is 15.5 Å². The Balaban J connectivity index is 3.00. The van der Waals surface area contributed by atoms with Gasteiger partial charge in [-0.05, 0) is 19.3 Å². The number of hydrogen-bond donors (Lipinski definition) is 2. The van der Waals surface area contributed by atoms with Crippen LogP contribution in [0.1, 0.15) is 37.7 Å². The molecule has 1 heterocycles. The Hall–Kier alpha value is -1.04. The summed E-state index contributed by atoms with van der Waals surface area (Å²) < 4.78 is 0. The molecule has 8 heteroatoms. The van der Waals surface area contributed by atoms with E-state index in [9.17, 15) is 4.79 Å². The number of carbonyl (C=O) groups excluding carboxylic acids is 1. The lowest BCUT2D eigenvalue weighted by molar-refractivity contribution is 0.0950. The van der Waals surface area contributed by atoms with E-state index in [1.54, 1.807) is 0 Å². The number of nitrogen functional groups attached to an aromatic ring is 1. The lowest BCUT2D eigenvalue weighted by Gasteiger charge is -2.10. The van der Waals surface area contributed by atoms with Gasteiger partial charge in [0.2, 0.25) is 0 Å². The van der Waals surface area contributed by atoms with Crippen LogP contribution in [-0.2, 0) is 0 Å². The van der Waals surface area contributed by atoms with Crippen molar-refractivity contribution in [3.63, 3.8) is 0 Å². The number of amides is 1. The summed E-state index contributed by atoms with van der Waals surface area (Å²) in [4.78, 5) is 15.8. The number of hydrazone groups is 1. The molecule has 20 heavy (non-hydrogen) atoms. The summed E-state index contributed by atoms with van der Waals surface area (Å²) in [5.41, 5.74) is 8.72. The molecule has 5 nitrogen and oxygen atoms in total. The van der Waals surface area contributed by atoms with Crippen LogP contribution in [0.4, 0.5) is 5.69 Å². The molecule has 1 aromatic rings. The average molecular weight is 338 g/mol. The average Bonchev–Trinajstić information content (AvgIpc) is 2.44. The van der Waals surface area contributed by atoms with Gasteiger partial charge < -0.3 is 5.73 Å². The number of carbonyl (C=O) groups is 1. The summed E-state index contributed by atoms with van der Waals surface area (Å²) in [5.74, 6) is -0.333. The summed E-state index contributed by atoms with van der Waals surface area (Å²) in [5, 5.41) is 3.89. The van der Waals surface area contributed by atoms with Crippen LogP contribution < -0.4 is 11.2 Å². The molecule has 0 aromatic carbocycles. The summed E-state index contributed by atoms with van der Waals surface area (Å²) in [6.45, 7) is 5.86. The van der Waals surface area contributed by atoms with Gasteiger partial charge in [-0.3, -0.25) is 4.79 Å². The Labute approximate surface area is 132 Å². The van der Waals surface area contributed by atoms with Crippen LogP contribution in [0.2, 0.25) is 15.2 Å². The lowest BCUT2D eigenvalue weighted by Crippen LogP contribution is -2.22. The van der Waals surface area contributed by atoms with Crippen LogP contribution in [0.3, 0.4) is 0 Å². The predicted octanol–water partition coefficient (Wildman–Crippen LogP) is 3.78. The van der Waals surface area contributed by atoms with E-state index >= 15 is 0 Å². The van der Waals surface area contributed by atoms with Gasteiger partial charge in [-0.1, -0.05) is 48.7 Å². The summed E-state index contributed by atoms with van der Waals surface area (Å²) in [7, 11) is 0. The number of nitrogens with one attached hydrogen (secondary N) is 1. The molecule has 110 valence electrons. The van der Waals surface area contributed by atoms with Gasteiger partial charge in [0.1, 0.15) is 5.02 Å². The molecule has 3 N–H and O–H groups in total. The zero-order valence-electron chi connectivity index (χ0n) is 11.3. The zero-order chi connectivity index (χ0) is 15.4. The highest BCUT2D eigenvalue weighted by molar-refractivity contribution is 6.46. The molecule has 0 radical (unpaired) electrons. The second kappa shape index (κ2) is 7.11. The fraction of sp³-hybridized carbons (Fsp3) is 0.417. The van der Waals surface area contributed by atoms with E-state index < -0.39 is 5.91 Å². The van der Waals surface area contributed by atoms with Crippen molar-refractivity contribution >= 4 is 52.1 Å². The number of halogens is 3. The Kier molecular flexibility index (Phi) is 6.05. The number of anilines is 1. The highest BCUT2D eigenvalue weighted by Gasteiger charge is 2.19. The topological polar surface area (TPSA) is 80.4 Å². The molecule has 0 saturated carbocycles. The molecule has 0 bridgehead atoms. The normalized spacial score (nSPS) is 13.2. The van der Waals surface area contributed by atoms with E-state index in [-0.39, 0.29) is 32.5 Å². The molecule has 0 saturated heterocycles. The smallest absolute Gasteiger partial charge is 0.291 e. The molecule has 0 fully saturated rings. The van der Waals surface area contributed by atoms with Gasteiger partial charge in [-0.15, -0.1) is 0 Å². The van der Waals surface area contributed by atoms with Crippen molar-refractivity contribution in [1.29, 1.82) is 0 Å². The number of hydrogen-bond acceptors (Lipinski definition) is 4. The second-order valence-electron chi connectivity index (χ2n) is 4.30. The van der Waals surface area contributed by atoms with Crippen LogP contribution in [0, 0.1) is 5.92 Å². The monoisotopic (exact) mass is 336 g/mol. The first-order valence-corrected chi connectivity index (χ1v) is 7.07. The minimum atomic E-state index is -0.595.